The molecule has 0 saturated carbocycles. The van der Waals surface area contributed by atoms with Crippen LogP contribution in [0.1, 0.15) is 24.4 Å². The summed E-state index contributed by atoms with van der Waals surface area (Å²) in [5, 5.41) is 4.50. The Morgan fingerprint density at radius 2 is 2.16 bits per heavy atom. The molecule has 3 nitrogen and oxygen atoms in total. The van der Waals surface area contributed by atoms with Crippen LogP contribution in [0.15, 0.2) is 22.9 Å². The lowest BCUT2D eigenvalue weighted by atomic mass is 10.2. The number of rotatable bonds is 5. The standard InChI is InChI=1S/C14H18BrN3S/c1-9(2)5-16-8-13-10(3)18-14(19-13)11-4-12(15)7-17-6-11/h4,6-7,9,16H,5,8H2,1-3H3. The maximum atomic E-state index is 4.64. The fourth-order valence-electron chi connectivity index (χ4n) is 1.72. The topological polar surface area (TPSA) is 37.8 Å². The molecule has 2 aromatic rings. The van der Waals surface area contributed by atoms with E-state index in [1.807, 2.05) is 6.20 Å². The van der Waals surface area contributed by atoms with Crippen molar-refractivity contribution in [1.82, 2.24) is 15.3 Å². The smallest absolute Gasteiger partial charge is 0.125 e. The Hall–Kier alpha value is -0.780. The van der Waals surface area contributed by atoms with Crippen LogP contribution in [0.5, 0.6) is 0 Å². The van der Waals surface area contributed by atoms with E-state index in [0.717, 1.165) is 33.8 Å². The van der Waals surface area contributed by atoms with E-state index in [1.165, 1.54) is 4.88 Å². The molecule has 0 spiro atoms. The van der Waals surface area contributed by atoms with Gasteiger partial charge < -0.3 is 5.32 Å². The lowest BCUT2D eigenvalue weighted by molar-refractivity contribution is 0.554. The minimum absolute atomic E-state index is 0.668. The van der Waals surface area contributed by atoms with Crippen molar-refractivity contribution in [2.24, 2.45) is 5.92 Å². The number of hydrogen-bond donors (Lipinski definition) is 1. The van der Waals surface area contributed by atoms with E-state index in [2.05, 4.69) is 58.1 Å². The van der Waals surface area contributed by atoms with Crippen LogP contribution in [-0.4, -0.2) is 16.5 Å². The predicted molar refractivity (Wildman–Crippen MR) is 84.3 cm³/mol. The molecule has 5 heteroatoms. The van der Waals surface area contributed by atoms with Crippen LogP contribution in [-0.2, 0) is 6.54 Å². The Kier molecular flexibility index (Phi) is 5.07. The molecule has 0 fully saturated rings. The quantitative estimate of drug-likeness (QED) is 0.893. The third-order valence-electron chi connectivity index (χ3n) is 2.68. The number of thiazole rings is 1. The number of nitrogens with one attached hydrogen (secondary N) is 1. The highest BCUT2D eigenvalue weighted by molar-refractivity contribution is 9.10. The second kappa shape index (κ2) is 6.59. The summed E-state index contributed by atoms with van der Waals surface area (Å²) in [7, 11) is 0. The molecule has 0 radical (unpaired) electrons. The zero-order valence-corrected chi connectivity index (χ0v) is 13.8. The third kappa shape index (κ3) is 4.09. The van der Waals surface area contributed by atoms with E-state index < -0.39 is 0 Å². The second-order valence-corrected chi connectivity index (χ2v) is 6.94. The van der Waals surface area contributed by atoms with Crippen LogP contribution >= 0.6 is 27.3 Å². The van der Waals surface area contributed by atoms with Gasteiger partial charge >= 0.3 is 0 Å². The van der Waals surface area contributed by atoms with Crippen molar-refractivity contribution in [3.05, 3.63) is 33.5 Å². The van der Waals surface area contributed by atoms with Gasteiger partial charge in [-0.1, -0.05) is 13.8 Å². The van der Waals surface area contributed by atoms with E-state index in [4.69, 9.17) is 0 Å². The molecule has 0 aliphatic heterocycles. The summed E-state index contributed by atoms with van der Waals surface area (Å²) in [6, 6.07) is 2.05. The van der Waals surface area contributed by atoms with Gasteiger partial charge in [0.05, 0.1) is 5.69 Å². The number of aryl methyl sites for hydroxylation is 1. The highest BCUT2D eigenvalue weighted by atomic mass is 79.9. The average molecular weight is 340 g/mol. The summed E-state index contributed by atoms with van der Waals surface area (Å²) < 4.78 is 0.984. The third-order valence-corrected chi connectivity index (χ3v) is 4.32. The molecule has 19 heavy (non-hydrogen) atoms. The Labute approximate surface area is 126 Å². The molecular weight excluding hydrogens is 322 g/mol. The van der Waals surface area contributed by atoms with Crippen LogP contribution in [0.4, 0.5) is 0 Å². The van der Waals surface area contributed by atoms with Crippen LogP contribution in [0.2, 0.25) is 0 Å². The van der Waals surface area contributed by atoms with Crippen molar-refractivity contribution in [2.45, 2.75) is 27.3 Å². The zero-order valence-electron chi connectivity index (χ0n) is 11.4. The van der Waals surface area contributed by atoms with Crippen LogP contribution in [0.25, 0.3) is 10.6 Å². The van der Waals surface area contributed by atoms with Crippen molar-refractivity contribution >= 4 is 27.3 Å². The number of pyridine rings is 1. The van der Waals surface area contributed by atoms with Crippen molar-refractivity contribution in [2.75, 3.05) is 6.54 Å². The van der Waals surface area contributed by atoms with Crippen molar-refractivity contribution in [3.63, 3.8) is 0 Å². The lowest BCUT2D eigenvalue weighted by Gasteiger charge is -2.05. The minimum atomic E-state index is 0.668. The van der Waals surface area contributed by atoms with E-state index >= 15 is 0 Å². The van der Waals surface area contributed by atoms with Gasteiger partial charge in [0.2, 0.25) is 0 Å². The zero-order chi connectivity index (χ0) is 13.8. The molecule has 0 aliphatic carbocycles. The largest absolute Gasteiger partial charge is 0.312 e. The lowest BCUT2D eigenvalue weighted by Crippen LogP contribution is -2.18. The van der Waals surface area contributed by atoms with Gasteiger partial charge in [-0.25, -0.2) is 4.98 Å². The summed E-state index contributed by atoms with van der Waals surface area (Å²) in [5.74, 6) is 0.668. The molecular formula is C14H18BrN3S. The molecule has 2 rings (SSSR count). The van der Waals surface area contributed by atoms with Gasteiger partial charge in [-0.15, -0.1) is 11.3 Å². The van der Waals surface area contributed by atoms with E-state index in [0.29, 0.717) is 5.92 Å². The molecule has 0 bridgehead atoms. The molecule has 0 amide bonds. The molecule has 0 saturated heterocycles. The number of nitrogens with zero attached hydrogens (tertiary/aromatic N) is 2. The summed E-state index contributed by atoms with van der Waals surface area (Å²) in [5.41, 5.74) is 2.17. The highest BCUT2D eigenvalue weighted by Crippen LogP contribution is 2.28. The van der Waals surface area contributed by atoms with Gasteiger partial charge in [0.25, 0.3) is 0 Å². The molecule has 102 valence electrons. The van der Waals surface area contributed by atoms with Crippen LogP contribution in [0.3, 0.4) is 0 Å². The minimum Gasteiger partial charge on any atom is -0.312 e. The maximum absolute atomic E-state index is 4.64. The van der Waals surface area contributed by atoms with Crippen LogP contribution < -0.4 is 5.32 Å². The monoisotopic (exact) mass is 339 g/mol. The first-order chi connectivity index (χ1) is 9.06. The van der Waals surface area contributed by atoms with Gasteiger partial charge in [-0.05, 0) is 41.4 Å². The van der Waals surface area contributed by atoms with Gasteiger partial charge in [-0.2, -0.15) is 0 Å². The van der Waals surface area contributed by atoms with Crippen molar-refractivity contribution < 1.29 is 0 Å². The fourth-order valence-corrected chi connectivity index (χ4v) is 3.10. The Morgan fingerprint density at radius 3 is 2.84 bits per heavy atom. The van der Waals surface area contributed by atoms with Crippen molar-refractivity contribution in [1.29, 1.82) is 0 Å². The summed E-state index contributed by atoms with van der Waals surface area (Å²) >= 11 is 5.18. The molecule has 0 aliphatic rings. The normalized spacial score (nSPS) is 11.2. The molecule has 0 atom stereocenters. The summed E-state index contributed by atoms with van der Waals surface area (Å²) in [6.07, 6.45) is 3.64. The molecule has 2 heterocycles. The molecule has 1 N–H and O–H groups in total. The SMILES string of the molecule is Cc1nc(-c2cncc(Br)c2)sc1CNCC(C)C. The van der Waals surface area contributed by atoms with Crippen LogP contribution in [0, 0.1) is 12.8 Å². The van der Waals surface area contributed by atoms with E-state index in [1.54, 1.807) is 17.5 Å². The molecule has 0 aromatic carbocycles. The highest BCUT2D eigenvalue weighted by Gasteiger charge is 2.10. The fraction of sp³-hybridized carbons (Fsp3) is 0.429. The first kappa shape index (κ1) is 14.6. The number of halogens is 1. The predicted octanol–water partition coefficient (Wildman–Crippen LogP) is 4.02. The Bertz CT molecular complexity index is 551. The molecule has 0 unspecified atom stereocenters. The molecule has 2 aromatic heterocycles. The van der Waals surface area contributed by atoms with Gasteiger partial charge in [-0.3, -0.25) is 4.98 Å². The summed E-state index contributed by atoms with van der Waals surface area (Å²) in [4.78, 5) is 10.1. The first-order valence-corrected chi connectivity index (χ1v) is 7.95. The summed E-state index contributed by atoms with van der Waals surface area (Å²) in [6.45, 7) is 8.42. The number of aromatic nitrogens is 2. The first-order valence-electron chi connectivity index (χ1n) is 6.34. The van der Waals surface area contributed by atoms with Gasteiger partial charge in [0, 0.05) is 33.9 Å². The Morgan fingerprint density at radius 1 is 1.37 bits per heavy atom. The maximum Gasteiger partial charge on any atom is 0.125 e. The van der Waals surface area contributed by atoms with E-state index in [9.17, 15) is 0 Å². The van der Waals surface area contributed by atoms with Gasteiger partial charge in [0.1, 0.15) is 5.01 Å². The van der Waals surface area contributed by atoms with Crippen molar-refractivity contribution in [3.8, 4) is 10.6 Å². The van der Waals surface area contributed by atoms with E-state index in [-0.39, 0.29) is 0 Å². The average Bonchev–Trinajstić information content (AvgIpc) is 2.71. The Balaban J connectivity index is 2.12. The van der Waals surface area contributed by atoms with Gasteiger partial charge in [0.15, 0.2) is 0 Å². The second-order valence-electron chi connectivity index (χ2n) is 4.94. The number of hydrogen-bond acceptors (Lipinski definition) is 4.